The van der Waals surface area contributed by atoms with E-state index in [0.717, 1.165) is 11.1 Å². The van der Waals surface area contributed by atoms with Crippen LogP contribution in [0.1, 0.15) is 58.6 Å². The van der Waals surface area contributed by atoms with Gasteiger partial charge in [0.1, 0.15) is 29.8 Å². The molecule has 0 bridgehead atoms. The molecule has 274 valence electrons. The van der Waals surface area contributed by atoms with E-state index in [1.165, 1.54) is 11.8 Å². The van der Waals surface area contributed by atoms with Crippen LogP contribution in [-0.4, -0.2) is 84.0 Å². The smallest absolute Gasteiger partial charge is 0.408 e. The molecule has 0 saturated carbocycles. The number of benzene rings is 2. The van der Waals surface area contributed by atoms with E-state index in [9.17, 15) is 28.8 Å². The van der Waals surface area contributed by atoms with E-state index in [4.69, 9.17) is 10.5 Å². The molecule has 2 aromatic rings. The number of thioether (sulfide) groups is 1. The normalized spacial score (nSPS) is 13.6. The number of carbonyl (C=O) groups excluding carboxylic acids is 6. The zero-order chi connectivity index (χ0) is 37.3. The lowest BCUT2D eigenvalue weighted by molar-refractivity contribution is -0.133. The zero-order valence-electron chi connectivity index (χ0n) is 29.7. The van der Waals surface area contributed by atoms with Crippen LogP contribution in [0.5, 0.6) is 0 Å². The first kappa shape index (κ1) is 41.6. The topological polar surface area (TPSA) is 198 Å². The molecule has 0 aliphatic rings. The molecule has 2 aromatic carbocycles. The van der Waals surface area contributed by atoms with Crippen molar-refractivity contribution in [1.82, 2.24) is 26.6 Å². The summed E-state index contributed by atoms with van der Waals surface area (Å²) in [5, 5.41) is 13.2. The Hall–Kier alpha value is -4.59. The number of carbonyl (C=O) groups is 6. The molecule has 4 atom stereocenters. The van der Waals surface area contributed by atoms with E-state index in [1.807, 2.05) is 56.5 Å². The first-order valence-electron chi connectivity index (χ1n) is 16.6. The molecule has 0 aliphatic carbocycles. The van der Waals surface area contributed by atoms with Gasteiger partial charge in [0.2, 0.25) is 29.5 Å². The van der Waals surface area contributed by atoms with Gasteiger partial charge in [0, 0.05) is 12.8 Å². The number of nitrogens with one attached hydrogen (secondary N) is 5. The van der Waals surface area contributed by atoms with Crippen molar-refractivity contribution in [3.8, 4) is 0 Å². The van der Waals surface area contributed by atoms with Crippen LogP contribution in [0.3, 0.4) is 0 Å². The second-order valence-electron chi connectivity index (χ2n) is 13.4. The molecule has 0 fully saturated rings. The molecule has 0 saturated heterocycles. The predicted octanol–water partition coefficient (Wildman–Crippen LogP) is 2.22. The number of ether oxygens (including phenoxy) is 1. The van der Waals surface area contributed by atoms with Crippen LogP contribution in [0.15, 0.2) is 60.7 Å². The Kier molecular flexibility index (Phi) is 17.3. The van der Waals surface area contributed by atoms with Gasteiger partial charge in [0.25, 0.3) is 0 Å². The van der Waals surface area contributed by atoms with E-state index in [-0.39, 0.29) is 25.2 Å². The molecule has 0 radical (unpaired) electrons. The summed E-state index contributed by atoms with van der Waals surface area (Å²) in [6.45, 7) is 8.39. The molecule has 0 aliphatic heterocycles. The fourth-order valence-corrected chi connectivity index (χ4v) is 5.34. The third-order valence-corrected chi connectivity index (χ3v) is 7.90. The van der Waals surface area contributed by atoms with Crippen molar-refractivity contribution in [3.63, 3.8) is 0 Å². The summed E-state index contributed by atoms with van der Waals surface area (Å²) < 4.78 is 5.39. The number of nitrogens with two attached hydrogens (primary N) is 1. The maximum absolute atomic E-state index is 13.7. The van der Waals surface area contributed by atoms with Crippen LogP contribution in [-0.2, 0) is 41.6 Å². The van der Waals surface area contributed by atoms with E-state index in [1.54, 1.807) is 45.0 Å². The molecular formula is C36H52N6O7S. The van der Waals surface area contributed by atoms with E-state index < -0.39 is 71.9 Å². The minimum Gasteiger partial charge on any atom is -0.444 e. The van der Waals surface area contributed by atoms with Crippen molar-refractivity contribution in [3.05, 3.63) is 71.8 Å². The van der Waals surface area contributed by atoms with E-state index in [2.05, 4.69) is 26.6 Å². The summed E-state index contributed by atoms with van der Waals surface area (Å²) in [5.74, 6) is -2.53. The van der Waals surface area contributed by atoms with Gasteiger partial charge in [-0.1, -0.05) is 74.5 Å². The standard InChI is InChI=1S/C36H52N6O7S/c1-23(2)19-27(33(46)40-26(31(37)44)17-18-50-6)39-30(43)22-38-32(45)28(20-24-13-9-7-10-14-24)41-34(47)29(21-25-15-11-8-12-16-25)42-35(48)49-36(3,4)5/h7-16,23,26-29H,17-22H2,1-6H3,(H2,37,44)(H,38,45)(H,39,43)(H,40,46)(H,41,47)(H,42,48)/t26-,27-,28-,29-/m0/s1. The Morgan fingerprint density at radius 2 is 1.22 bits per heavy atom. The Bertz CT molecular complexity index is 1420. The molecule has 2 rings (SSSR count). The van der Waals surface area contributed by atoms with Crippen LogP contribution >= 0.6 is 11.8 Å². The zero-order valence-corrected chi connectivity index (χ0v) is 30.6. The minimum absolute atomic E-state index is 0.0162. The van der Waals surface area contributed by atoms with Gasteiger partial charge >= 0.3 is 6.09 Å². The molecule has 0 aromatic heterocycles. The highest BCUT2D eigenvalue weighted by molar-refractivity contribution is 7.98. The summed E-state index contributed by atoms with van der Waals surface area (Å²) >= 11 is 1.51. The van der Waals surface area contributed by atoms with Crippen molar-refractivity contribution >= 4 is 47.4 Å². The van der Waals surface area contributed by atoms with Crippen LogP contribution < -0.4 is 32.3 Å². The lowest BCUT2D eigenvalue weighted by Gasteiger charge is -2.26. The van der Waals surface area contributed by atoms with Gasteiger partial charge < -0.3 is 37.1 Å². The molecule has 0 unspecified atom stereocenters. The van der Waals surface area contributed by atoms with Crippen molar-refractivity contribution in [2.24, 2.45) is 11.7 Å². The molecule has 6 amide bonds. The summed E-state index contributed by atoms with van der Waals surface area (Å²) in [5.41, 5.74) is 6.19. The van der Waals surface area contributed by atoms with Gasteiger partial charge in [-0.05, 0) is 62.7 Å². The Labute approximate surface area is 299 Å². The van der Waals surface area contributed by atoms with Crippen LogP contribution in [0.25, 0.3) is 0 Å². The largest absolute Gasteiger partial charge is 0.444 e. The third-order valence-electron chi connectivity index (χ3n) is 7.26. The second-order valence-corrected chi connectivity index (χ2v) is 14.3. The van der Waals surface area contributed by atoms with Crippen molar-refractivity contribution < 1.29 is 33.5 Å². The van der Waals surface area contributed by atoms with Gasteiger partial charge in [-0.3, -0.25) is 24.0 Å². The third kappa shape index (κ3) is 16.2. The number of rotatable bonds is 19. The SMILES string of the molecule is CSCC[C@H](NC(=O)[C@H](CC(C)C)NC(=O)CNC(=O)[C@H](Cc1ccccc1)NC(=O)[C@H](Cc1ccccc1)NC(=O)OC(C)(C)C)C(N)=O. The lowest BCUT2D eigenvalue weighted by Crippen LogP contribution is -2.57. The summed E-state index contributed by atoms with van der Waals surface area (Å²) in [7, 11) is 0. The maximum Gasteiger partial charge on any atom is 0.408 e. The highest BCUT2D eigenvalue weighted by Gasteiger charge is 2.30. The molecular weight excluding hydrogens is 660 g/mol. The van der Waals surface area contributed by atoms with Crippen molar-refractivity contribution in [2.75, 3.05) is 18.6 Å². The summed E-state index contributed by atoms with van der Waals surface area (Å²) in [4.78, 5) is 78.0. The van der Waals surface area contributed by atoms with E-state index in [0.29, 0.717) is 12.2 Å². The van der Waals surface area contributed by atoms with Crippen LogP contribution in [0.4, 0.5) is 4.79 Å². The van der Waals surface area contributed by atoms with Gasteiger partial charge in [-0.25, -0.2) is 4.79 Å². The number of primary amides is 1. The van der Waals surface area contributed by atoms with Gasteiger partial charge in [0.15, 0.2) is 0 Å². The highest BCUT2D eigenvalue weighted by Crippen LogP contribution is 2.11. The van der Waals surface area contributed by atoms with Crippen LogP contribution in [0.2, 0.25) is 0 Å². The highest BCUT2D eigenvalue weighted by atomic mass is 32.2. The Morgan fingerprint density at radius 1 is 0.720 bits per heavy atom. The van der Waals surface area contributed by atoms with E-state index >= 15 is 0 Å². The van der Waals surface area contributed by atoms with Gasteiger partial charge in [-0.15, -0.1) is 0 Å². The first-order chi connectivity index (χ1) is 23.6. The average Bonchev–Trinajstić information content (AvgIpc) is 3.04. The minimum atomic E-state index is -1.13. The number of alkyl carbamates (subject to hydrolysis) is 1. The lowest BCUT2D eigenvalue weighted by atomic mass is 10.0. The molecule has 0 heterocycles. The molecule has 14 heteroatoms. The molecule has 7 N–H and O–H groups in total. The Balaban J connectivity index is 2.20. The van der Waals surface area contributed by atoms with Gasteiger partial charge in [0.05, 0.1) is 6.54 Å². The summed E-state index contributed by atoms with van der Waals surface area (Å²) in [6.07, 6.45) is 1.92. The number of hydrogen-bond acceptors (Lipinski definition) is 8. The predicted molar refractivity (Wildman–Crippen MR) is 194 cm³/mol. The van der Waals surface area contributed by atoms with Crippen LogP contribution in [0, 0.1) is 5.92 Å². The summed E-state index contributed by atoms with van der Waals surface area (Å²) in [6, 6.07) is 14.0. The fraction of sp³-hybridized carbons (Fsp3) is 0.500. The maximum atomic E-state index is 13.7. The monoisotopic (exact) mass is 712 g/mol. The first-order valence-corrected chi connectivity index (χ1v) is 18.0. The molecule has 50 heavy (non-hydrogen) atoms. The van der Waals surface area contributed by atoms with Crippen molar-refractivity contribution in [1.29, 1.82) is 0 Å². The Morgan fingerprint density at radius 3 is 1.70 bits per heavy atom. The number of hydrogen-bond donors (Lipinski definition) is 6. The average molecular weight is 713 g/mol. The number of amides is 6. The van der Waals surface area contributed by atoms with Gasteiger partial charge in [-0.2, -0.15) is 11.8 Å². The second kappa shape index (κ2) is 20.8. The molecule has 13 nitrogen and oxygen atoms in total. The quantitative estimate of drug-likeness (QED) is 0.127. The van der Waals surface area contributed by atoms with Crippen molar-refractivity contribution in [2.45, 2.75) is 90.1 Å². The molecule has 0 spiro atoms. The fourth-order valence-electron chi connectivity index (χ4n) is 4.87.